The summed E-state index contributed by atoms with van der Waals surface area (Å²) >= 11 is 0. The maximum atomic E-state index is 11.3. The van der Waals surface area contributed by atoms with Crippen LogP contribution >= 0.6 is 0 Å². The molecule has 0 spiro atoms. The highest BCUT2D eigenvalue weighted by molar-refractivity contribution is 5.93. The molecule has 0 aliphatic heterocycles. The summed E-state index contributed by atoms with van der Waals surface area (Å²) in [6.45, 7) is 4.37. The van der Waals surface area contributed by atoms with Crippen molar-refractivity contribution >= 4 is 17.5 Å². The van der Waals surface area contributed by atoms with Crippen LogP contribution in [0, 0.1) is 6.92 Å². The number of Topliss-reactive ketones (excluding diaryl/α,β-unsaturated/α-hetero) is 1. The summed E-state index contributed by atoms with van der Waals surface area (Å²) in [5, 5.41) is 17.1. The van der Waals surface area contributed by atoms with Crippen LogP contribution in [0.5, 0.6) is 0 Å². The molecule has 0 fully saturated rings. The second-order valence-electron chi connectivity index (χ2n) is 3.61. The average Bonchev–Trinajstić information content (AvgIpc) is 2.83. The van der Waals surface area contributed by atoms with Crippen molar-refractivity contribution in [1.29, 1.82) is 0 Å². The summed E-state index contributed by atoms with van der Waals surface area (Å²) in [4.78, 5) is 22.2. The van der Waals surface area contributed by atoms with Crippen LogP contribution in [0.15, 0.2) is 4.63 Å². The van der Waals surface area contributed by atoms with Crippen LogP contribution in [0.2, 0.25) is 0 Å². The van der Waals surface area contributed by atoms with E-state index >= 15 is 0 Å². The molecule has 0 saturated heterocycles. The van der Waals surface area contributed by atoms with Gasteiger partial charge in [-0.05, 0) is 17.2 Å². The predicted octanol–water partition coefficient (Wildman–Crippen LogP) is 0.120. The summed E-state index contributed by atoms with van der Waals surface area (Å²) in [5.74, 6) is -0.249. The first-order valence-corrected chi connectivity index (χ1v) is 5.04. The van der Waals surface area contributed by atoms with Gasteiger partial charge in [0, 0.05) is 13.8 Å². The van der Waals surface area contributed by atoms with E-state index in [9.17, 15) is 9.59 Å². The molecule has 2 rings (SSSR count). The molecule has 0 atom stereocenters. The van der Waals surface area contributed by atoms with Crippen molar-refractivity contribution in [2.75, 3.05) is 5.32 Å². The second kappa shape index (κ2) is 4.35. The fraction of sp³-hybridized carbons (Fsp3) is 0.333. The van der Waals surface area contributed by atoms with E-state index in [4.69, 9.17) is 0 Å². The van der Waals surface area contributed by atoms with Gasteiger partial charge in [-0.15, -0.1) is 5.10 Å². The lowest BCUT2D eigenvalue weighted by molar-refractivity contribution is -0.114. The molecule has 18 heavy (non-hydrogen) atoms. The largest absolute Gasteiger partial charge is 0.305 e. The van der Waals surface area contributed by atoms with E-state index in [1.54, 1.807) is 6.92 Å². The molecule has 1 amide bonds. The summed E-state index contributed by atoms with van der Waals surface area (Å²) in [7, 11) is 0. The average molecular weight is 250 g/mol. The highest BCUT2D eigenvalue weighted by atomic mass is 16.6. The van der Waals surface area contributed by atoms with E-state index < -0.39 is 0 Å². The molecule has 0 aliphatic carbocycles. The molecule has 0 aromatic carbocycles. The molecule has 0 bridgehead atoms. The van der Waals surface area contributed by atoms with E-state index in [0.29, 0.717) is 5.69 Å². The molecular weight excluding hydrogens is 240 g/mol. The van der Waals surface area contributed by atoms with Crippen molar-refractivity contribution in [2.45, 2.75) is 20.8 Å². The van der Waals surface area contributed by atoms with Crippen molar-refractivity contribution in [3.8, 4) is 5.82 Å². The van der Waals surface area contributed by atoms with Crippen LogP contribution in [-0.4, -0.2) is 37.0 Å². The summed E-state index contributed by atoms with van der Waals surface area (Å²) in [6, 6.07) is 0. The van der Waals surface area contributed by atoms with E-state index in [1.807, 2.05) is 0 Å². The van der Waals surface area contributed by atoms with Gasteiger partial charge in [0.15, 0.2) is 11.5 Å². The number of anilines is 1. The number of hydrogen-bond donors (Lipinski definition) is 1. The van der Waals surface area contributed by atoms with E-state index in [-0.39, 0.29) is 29.0 Å². The monoisotopic (exact) mass is 250 g/mol. The van der Waals surface area contributed by atoms with Crippen molar-refractivity contribution in [1.82, 2.24) is 25.3 Å². The van der Waals surface area contributed by atoms with Crippen molar-refractivity contribution < 1.29 is 14.2 Å². The Morgan fingerprint density at radius 1 is 1.28 bits per heavy atom. The third-order valence-corrected chi connectivity index (χ3v) is 2.19. The maximum absolute atomic E-state index is 11.3. The van der Waals surface area contributed by atoms with E-state index in [2.05, 4.69) is 30.6 Å². The Balaban J connectivity index is 2.46. The Bertz CT molecular complexity index is 614. The molecule has 0 radical (unpaired) electrons. The van der Waals surface area contributed by atoms with Gasteiger partial charge in [0.1, 0.15) is 0 Å². The lowest BCUT2D eigenvalue weighted by atomic mass is 10.2. The number of amides is 1. The molecule has 2 aromatic rings. The van der Waals surface area contributed by atoms with Gasteiger partial charge in [0.2, 0.25) is 17.5 Å². The number of carbonyl (C=O) groups is 2. The first kappa shape index (κ1) is 11.9. The smallest absolute Gasteiger partial charge is 0.244 e. The Hall–Kier alpha value is -2.58. The number of hydrogen-bond acceptors (Lipinski definition) is 7. The first-order chi connectivity index (χ1) is 8.50. The normalized spacial score (nSPS) is 10.4. The van der Waals surface area contributed by atoms with Gasteiger partial charge in [0.25, 0.3) is 0 Å². The van der Waals surface area contributed by atoms with Gasteiger partial charge < -0.3 is 5.32 Å². The number of carbonyl (C=O) groups excluding carboxylic acids is 2. The molecule has 9 nitrogen and oxygen atoms in total. The standard InChI is InChI=1S/C9H10N6O3/c1-4-7(5(2)16)11-14-15(4)9-8(10-6(3)17)12-18-13-9/h1-3H3,(H,10,12,17). The second-order valence-corrected chi connectivity index (χ2v) is 3.61. The fourth-order valence-electron chi connectivity index (χ4n) is 1.42. The highest BCUT2D eigenvalue weighted by Crippen LogP contribution is 2.17. The minimum absolute atomic E-state index is 0.116. The Morgan fingerprint density at radius 3 is 2.56 bits per heavy atom. The number of ketones is 1. The lowest BCUT2D eigenvalue weighted by Gasteiger charge is -2.00. The number of nitrogens with zero attached hydrogens (tertiary/aromatic N) is 5. The minimum Gasteiger partial charge on any atom is -0.305 e. The van der Waals surface area contributed by atoms with Crippen molar-refractivity contribution in [3.63, 3.8) is 0 Å². The first-order valence-electron chi connectivity index (χ1n) is 5.04. The molecule has 9 heteroatoms. The van der Waals surface area contributed by atoms with Gasteiger partial charge in [-0.2, -0.15) is 4.68 Å². The van der Waals surface area contributed by atoms with E-state index in [0.717, 1.165) is 0 Å². The summed E-state index contributed by atoms with van der Waals surface area (Å²) < 4.78 is 5.81. The number of aromatic nitrogens is 5. The van der Waals surface area contributed by atoms with Gasteiger partial charge >= 0.3 is 0 Å². The van der Waals surface area contributed by atoms with Crippen molar-refractivity contribution in [2.24, 2.45) is 0 Å². The highest BCUT2D eigenvalue weighted by Gasteiger charge is 2.20. The van der Waals surface area contributed by atoms with Crippen molar-refractivity contribution in [3.05, 3.63) is 11.4 Å². The van der Waals surface area contributed by atoms with Crippen LogP contribution in [0.25, 0.3) is 5.82 Å². The SMILES string of the molecule is CC(=O)Nc1nonc1-n1nnc(C(C)=O)c1C. The zero-order valence-electron chi connectivity index (χ0n) is 9.96. The van der Waals surface area contributed by atoms with Crippen LogP contribution in [0.1, 0.15) is 30.0 Å². The maximum Gasteiger partial charge on any atom is 0.244 e. The quantitative estimate of drug-likeness (QED) is 0.769. The minimum atomic E-state index is -0.323. The number of rotatable bonds is 3. The molecule has 0 aliphatic rings. The predicted molar refractivity (Wildman–Crippen MR) is 58.3 cm³/mol. The third-order valence-electron chi connectivity index (χ3n) is 2.19. The zero-order chi connectivity index (χ0) is 13.3. The van der Waals surface area contributed by atoms with Crippen LogP contribution < -0.4 is 5.32 Å². The Morgan fingerprint density at radius 2 is 2.00 bits per heavy atom. The van der Waals surface area contributed by atoms with Crippen LogP contribution in [0.3, 0.4) is 0 Å². The van der Waals surface area contributed by atoms with Crippen LogP contribution in [-0.2, 0) is 4.79 Å². The van der Waals surface area contributed by atoms with Gasteiger partial charge in [0.05, 0.1) is 5.69 Å². The molecule has 0 saturated carbocycles. The molecule has 2 aromatic heterocycles. The third kappa shape index (κ3) is 1.97. The van der Waals surface area contributed by atoms with Gasteiger partial charge in [-0.25, -0.2) is 4.63 Å². The molecule has 94 valence electrons. The molecule has 0 unspecified atom stereocenters. The lowest BCUT2D eigenvalue weighted by Crippen LogP contribution is -2.10. The topological polar surface area (TPSA) is 116 Å². The Kier molecular flexibility index (Phi) is 2.88. The molecule has 1 N–H and O–H groups in total. The zero-order valence-corrected chi connectivity index (χ0v) is 9.96. The van der Waals surface area contributed by atoms with Gasteiger partial charge in [-0.3, -0.25) is 9.59 Å². The molecule has 2 heterocycles. The molecular formula is C9H10N6O3. The summed E-state index contributed by atoms with van der Waals surface area (Å²) in [5.41, 5.74) is 0.719. The summed E-state index contributed by atoms with van der Waals surface area (Å²) in [6.07, 6.45) is 0. The fourth-order valence-corrected chi connectivity index (χ4v) is 1.42. The van der Waals surface area contributed by atoms with E-state index in [1.165, 1.54) is 18.5 Å². The number of nitrogens with one attached hydrogen (secondary N) is 1. The van der Waals surface area contributed by atoms with Crippen LogP contribution in [0.4, 0.5) is 5.82 Å². The Labute approximate surface area is 101 Å². The van der Waals surface area contributed by atoms with Gasteiger partial charge in [-0.1, -0.05) is 5.21 Å².